The molecule has 0 N–H and O–H groups in total. The molecule has 0 atom stereocenters. The van der Waals surface area contributed by atoms with Crippen LogP contribution in [-0.4, -0.2) is 29.5 Å². The van der Waals surface area contributed by atoms with Crippen molar-refractivity contribution in [2.75, 3.05) is 0 Å². The molecule has 0 amide bonds. The summed E-state index contributed by atoms with van der Waals surface area (Å²) in [6, 6.07) is 14.0. The minimum atomic E-state index is 0.686. The van der Waals surface area contributed by atoms with Crippen LogP contribution in [0.15, 0.2) is 65.0 Å². The van der Waals surface area contributed by atoms with Crippen molar-refractivity contribution in [3.05, 3.63) is 60.6 Å². The summed E-state index contributed by atoms with van der Waals surface area (Å²) in [5, 5.41) is 10.3. The first kappa shape index (κ1) is 15.4. The van der Waals surface area contributed by atoms with Crippen LogP contribution >= 0.6 is 23.1 Å². The van der Waals surface area contributed by atoms with Crippen molar-refractivity contribution < 1.29 is 0 Å². The Hall–Kier alpha value is -2.84. The molecular formula is C18H12N6S2. The van der Waals surface area contributed by atoms with Crippen LogP contribution in [0.4, 0.5) is 0 Å². The van der Waals surface area contributed by atoms with Gasteiger partial charge in [-0.15, -0.1) is 10.2 Å². The lowest BCUT2D eigenvalue weighted by atomic mass is 10.2. The van der Waals surface area contributed by atoms with Crippen LogP contribution in [0.1, 0.15) is 5.69 Å². The number of thiazole rings is 1. The van der Waals surface area contributed by atoms with Gasteiger partial charge in [-0.05, 0) is 49.0 Å². The van der Waals surface area contributed by atoms with Crippen molar-refractivity contribution >= 4 is 38.3 Å². The third-order valence-electron chi connectivity index (χ3n) is 3.88. The standard InChI is InChI=1S/C18H12N6S2/c1-11-10-15(21-16(20-11)12-6-8-19-9-7-12)26-18-23-22-17-24(18)13-4-2-3-5-14(13)25-17/h2-10H,1H3. The predicted molar refractivity (Wildman–Crippen MR) is 102 cm³/mol. The second-order valence-electron chi connectivity index (χ2n) is 5.68. The minimum Gasteiger partial charge on any atom is -0.265 e. The topological polar surface area (TPSA) is 68.9 Å². The molecule has 4 aromatic heterocycles. The quantitative estimate of drug-likeness (QED) is 0.438. The highest BCUT2D eigenvalue weighted by molar-refractivity contribution is 7.99. The summed E-state index contributed by atoms with van der Waals surface area (Å²) < 4.78 is 3.27. The zero-order chi connectivity index (χ0) is 17.5. The number of benzene rings is 1. The molecule has 0 unspecified atom stereocenters. The predicted octanol–water partition coefficient (Wildman–Crippen LogP) is 4.26. The Morgan fingerprint density at radius 3 is 2.73 bits per heavy atom. The maximum Gasteiger partial charge on any atom is 0.217 e. The molecule has 126 valence electrons. The van der Waals surface area contributed by atoms with Gasteiger partial charge in [0.2, 0.25) is 10.1 Å². The smallest absolute Gasteiger partial charge is 0.217 e. The Kier molecular flexibility index (Phi) is 3.65. The Labute approximate surface area is 157 Å². The van der Waals surface area contributed by atoms with Crippen molar-refractivity contribution in [1.82, 2.24) is 29.5 Å². The first-order valence-corrected chi connectivity index (χ1v) is 9.58. The SMILES string of the molecule is Cc1cc(Sc2nnc3sc4ccccc4n23)nc(-c2ccncc2)n1. The number of rotatable bonds is 3. The molecule has 5 rings (SSSR count). The molecule has 0 aliphatic heterocycles. The Bertz CT molecular complexity index is 1230. The van der Waals surface area contributed by atoms with E-state index in [9.17, 15) is 0 Å². The van der Waals surface area contributed by atoms with Crippen molar-refractivity contribution in [2.24, 2.45) is 0 Å². The van der Waals surface area contributed by atoms with Gasteiger partial charge in [0, 0.05) is 23.7 Å². The highest BCUT2D eigenvalue weighted by atomic mass is 32.2. The number of nitrogens with zero attached hydrogens (tertiary/aromatic N) is 6. The van der Waals surface area contributed by atoms with E-state index >= 15 is 0 Å². The van der Waals surface area contributed by atoms with Gasteiger partial charge < -0.3 is 0 Å². The van der Waals surface area contributed by atoms with Gasteiger partial charge in [-0.3, -0.25) is 9.38 Å². The summed E-state index contributed by atoms with van der Waals surface area (Å²) >= 11 is 3.13. The Balaban J connectivity index is 1.60. The molecule has 0 spiro atoms. The van der Waals surface area contributed by atoms with Crippen molar-refractivity contribution in [2.45, 2.75) is 17.1 Å². The van der Waals surface area contributed by atoms with Gasteiger partial charge in [0.25, 0.3) is 0 Å². The third-order valence-corrected chi connectivity index (χ3v) is 5.75. The fourth-order valence-electron chi connectivity index (χ4n) is 2.74. The van der Waals surface area contributed by atoms with Crippen LogP contribution in [0.25, 0.3) is 26.6 Å². The number of pyridine rings is 1. The van der Waals surface area contributed by atoms with Gasteiger partial charge >= 0.3 is 0 Å². The second kappa shape index (κ2) is 6.15. The molecule has 4 heterocycles. The second-order valence-corrected chi connectivity index (χ2v) is 7.68. The molecular weight excluding hydrogens is 364 g/mol. The number of fused-ring (bicyclic) bond motifs is 3. The van der Waals surface area contributed by atoms with E-state index in [4.69, 9.17) is 4.98 Å². The minimum absolute atomic E-state index is 0.686. The summed E-state index contributed by atoms with van der Waals surface area (Å²) in [4.78, 5) is 14.2. The molecule has 0 aliphatic rings. The maximum absolute atomic E-state index is 4.70. The Morgan fingerprint density at radius 2 is 1.85 bits per heavy atom. The van der Waals surface area contributed by atoms with Crippen molar-refractivity contribution in [3.8, 4) is 11.4 Å². The molecule has 0 saturated heterocycles. The maximum atomic E-state index is 4.70. The normalized spacial score (nSPS) is 11.4. The molecule has 0 bridgehead atoms. The van der Waals surface area contributed by atoms with Gasteiger partial charge in [0.1, 0.15) is 5.03 Å². The summed E-state index contributed by atoms with van der Waals surface area (Å²) in [5.41, 5.74) is 2.96. The average molecular weight is 376 g/mol. The summed E-state index contributed by atoms with van der Waals surface area (Å²) in [6.07, 6.45) is 3.49. The molecule has 0 fully saturated rings. The number of aromatic nitrogens is 6. The van der Waals surface area contributed by atoms with Crippen molar-refractivity contribution in [3.63, 3.8) is 0 Å². The highest BCUT2D eigenvalue weighted by Gasteiger charge is 2.15. The summed E-state index contributed by atoms with van der Waals surface area (Å²) in [7, 11) is 0. The molecule has 6 nitrogen and oxygen atoms in total. The van der Waals surface area contributed by atoms with E-state index < -0.39 is 0 Å². The lowest BCUT2D eigenvalue weighted by molar-refractivity contribution is 0.931. The molecule has 8 heteroatoms. The van der Waals surface area contributed by atoms with Crippen LogP contribution in [0.5, 0.6) is 0 Å². The lowest BCUT2D eigenvalue weighted by Gasteiger charge is -2.05. The third kappa shape index (κ3) is 2.63. The van der Waals surface area contributed by atoms with Gasteiger partial charge in [-0.25, -0.2) is 9.97 Å². The van der Waals surface area contributed by atoms with Crippen LogP contribution in [0, 0.1) is 6.92 Å². The molecule has 5 aromatic rings. The van der Waals surface area contributed by atoms with Crippen LogP contribution in [0.2, 0.25) is 0 Å². The van der Waals surface area contributed by atoms with Gasteiger partial charge in [-0.1, -0.05) is 23.5 Å². The fourth-order valence-corrected chi connectivity index (χ4v) is 4.67. The van der Waals surface area contributed by atoms with Crippen molar-refractivity contribution in [1.29, 1.82) is 0 Å². The van der Waals surface area contributed by atoms with E-state index in [0.717, 1.165) is 31.9 Å². The van der Waals surface area contributed by atoms with E-state index in [1.807, 2.05) is 37.3 Å². The van der Waals surface area contributed by atoms with Gasteiger partial charge in [0.05, 0.1) is 10.2 Å². The first-order chi connectivity index (χ1) is 12.8. The monoisotopic (exact) mass is 376 g/mol. The lowest BCUT2D eigenvalue weighted by Crippen LogP contribution is -1.95. The van der Waals surface area contributed by atoms with Crippen LogP contribution in [0.3, 0.4) is 0 Å². The fraction of sp³-hybridized carbons (Fsp3) is 0.0556. The van der Waals surface area contributed by atoms with E-state index in [1.54, 1.807) is 23.7 Å². The average Bonchev–Trinajstić information content (AvgIpc) is 3.22. The molecule has 0 aliphatic carbocycles. The van der Waals surface area contributed by atoms with E-state index in [1.165, 1.54) is 16.5 Å². The zero-order valence-corrected chi connectivity index (χ0v) is 15.3. The summed E-state index contributed by atoms with van der Waals surface area (Å²) in [6.45, 7) is 1.97. The number of hydrogen-bond acceptors (Lipinski definition) is 7. The van der Waals surface area contributed by atoms with Crippen LogP contribution < -0.4 is 0 Å². The summed E-state index contributed by atoms with van der Waals surface area (Å²) in [5.74, 6) is 0.686. The van der Waals surface area contributed by atoms with Crippen LogP contribution in [-0.2, 0) is 0 Å². The van der Waals surface area contributed by atoms with E-state index in [0.29, 0.717) is 5.82 Å². The van der Waals surface area contributed by atoms with Gasteiger partial charge in [0.15, 0.2) is 5.82 Å². The highest BCUT2D eigenvalue weighted by Crippen LogP contribution is 2.32. The van der Waals surface area contributed by atoms with E-state index in [2.05, 4.69) is 36.7 Å². The largest absolute Gasteiger partial charge is 0.265 e. The van der Waals surface area contributed by atoms with E-state index in [-0.39, 0.29) is 0 Å². The number of hydrogen-bond donors (Lipinski definition) is 0. The molecule has 1 aromatic carbocycles. The first-order valence-electron chi connectivity index (χ1n) is 7.94. The molecule has 0 saturated carbocycles. The molecule has 26 heavy (non-hydrogen) atoms. The number of para-hydroxylation sites is 1. The number of aryl methyl sites for hydroxylation is 1. The van der Waals surface area contributed by atoms with Gasteiger partial charge in [-0.2, -0.15) is 0 Å². The zero-order valence-electron chi connectivity index (χ0n) is 13.7. The Morgan fingerprint density at radius 1 is 1.00 bits per heavy atom. The molecule has 0 radical (unpaired) electrons.